The molecular formula is C34H42N4O4. The molecule has 42 heavy (non-hydrogen) atoms. The number of carboxylic acid groups (broad SMARTS) is 1. The number of aromatic nitrogens is 2. The molecule has 4 heterocycles. The maximum Gasteiger partial charge on any atom is 0.303 e. The molecular weight excluding hydrogens is 528 g/mol. The van der Waals surface area contributed by atoms with Crippen LogP contribution in [-0.4, -0.2) is 38.6 Å². The summed E-state index contributed by atoms with van der Waals surface area (Å²) in [6.45, 7) is 16.2. The molecule has 2 aliphatic rings. The minimum absolute atomic E-state index is 0.00211. The molecule has 0 saturated carbocycles. The van der Waals surface area contributed by atoms with Gasteiger partial charge >= 0.3 is 5.97 Å². The van der Waals surface area contributed by atoms with Crippen LogP contribution in [0, 0.1) is 13.8 Å². The monoisotopic (exact) mass is 570 g/mol. The minimum Gasteiger partial charge on any atom is -0.481 e. The third kappa shape index (κ3) is 5.75. The van der Waals surface area contributed by atoms with Gasteiger partial charge in [0.25, 0.3) is 11.8 Å². The second-order valence-corrected chi connectivity index (χ2v) is 11.3. The third-order valence-corrected chi connectivity index (χ3v) is 8.75. The van der Waals surface area contributed by atoms with Crippen LogP contribution >= 0.6 is 0 Å². The van der Waals surface area contributed by atoms with Gasteiger partial charge in [-0.3, -0.25) is 14.4 Å². The van der Waals surface area contributed by atoms with E-state index in [-0.39, 0.29) is 24.2 Å². The van der Waals surface area contributed by atoms with E-state index in [9.17, 15) is 19.5 Å². The topological polar surface area (TPSA) is 127 Å². The first-order valence-corrected chi connectivity index (χ1v) is 14.8. The van der Waals surface area contributed by atoms with Gasteiger partial charge in [0, 0.05) is 45.4 Å². The van der Waals surface area contributed by atoms with E-state index in [4.69, 9.17) is 0 Å². The van der Waals surface area contributed by atoms with Crippen molar-refractivity contribution in [1.29, 1.82) is 0 Å². The van der Waals surface area contributed by atoms with E-state index >= 15 is 0 Å². The number of carbonyl (C=O) groups excluding carboxylic acids is 2. The molecule has 4 rings (SSSR count). The fourth-order valence-electron chi connectivity index (χ4n) is 6.03. The van der Waals surface area contributed by atoms with Gasteiger partial charge in [-0.1, -0.05) is 27.7 Å². The zero-order chi connectivity index (χ0) is 30.9. The molecule has 0 fully saturated rings. The van der Waals surface area contributed by atoms with Crippen LogP contribution in [0.25, 0.3) is 18.2 Å². The van der Waals surface area contributed by atoms with Gasteiger partial charge in [-0.25, -0.2) is 4.99 Å². The van der Waals surface area contributed by atoms with Crippen LogP contribution in [0.3, 0.4) is 0 Å². The highest BCUT2D eigenvalue weighted by Crippen LogP contribution is 2.32. The molecule has 2 amide bonds. The Morgan fingerprint density at radius 3 is 2.19 bits per heavy atom. The second-order valence-electron chi connectivity index (χ2n) is 11.3. The first-order chi connectivity index (χ1) is 19.9. The Morgan fingerprint density at radius 2 is 1.57 bits per heavy atom. The van der Waals surface area contributed by atoms with Crippen LogP contribution in [-0.2, 0) is 20.8 Å². The summed E-state index contributed by atoms with van der Waals surface area (Å²) in [7, 11) is 0. The van der Waals surface area contributed by atoms with Crippen LogP contribution in [0.1, 0.15) is 107 Å². The van der Waals surface area contributed by atoms with Crippen molar-refractivity contribution in [2.24, 2.45) is 4.99 Å². The number of hydrogen-bond donors (Lipinski definition) is 4. The highest BCUT2D eigenvalue weighted by atomic mass is 16.4. The number of carbonyl (C=O) groups is 3. The smallest absolute Gasteiger partial charge is 0.303 e. The van der Waals surface area contributed by atoms with Crippen LogP contribution in [0.2, 0.25) is 0 Å². The quantitative estimate of drug-likeness (QED) is 0.320. The number of aliphatic carboxylic acids is 1. The van der Waals surface area contributed by atoms with Gasteiger partial charge in [0.2, 0.25) is 0 Å². The molecule has 2 aromatic heterocycles. The summed E-state index contributed by atoms with van der Waals surface area (Å²) in [5.41, 5.74) is 10.9. The predicted molar refractivity (Wildman–Crippen MR) is 168 cm³/mol. The maximum absolute atomic E-state index is 12.4. The summed E-state index contributed by atoms with van der Waals surface area (Å²) in [5.74, 6) is -0.862. The summed E-state index contributed by atoms with van der Waals surface area (Å²) in [6, 6.07) is 0. The molecule has 0 aromatic carbocycles. The summed E-state index contributed by atoms with van der Waals surface area (Å²) in [4.78, 5) is 47.6. The summed E-state index contributed by atoms with van der Waals surface area (Å²) < 4.78 is 0. The summed E-state index contributed by atoms with van der Waals surface area (Å²) in [5, 5.41) is 14.1. The fourth-order valence-corrected chi connectivity index (χ4v) is 6.03. The molecule has 0 aliphatic carbocycles. The average Bonchev–Trinajstić information content (AvgIpc) is 3.59. The number of nitrogens with one attached hydrogen (secondary N) is 3. The average molecular weight is 571 g/mol. The number of amides is 2. The zero-order valence-electron chi connectivity index (χ0n) is 26.0. The summed E-state index contributed by atoms with van der Waals surface area (Å²) >= 11 is 0. The van der Waals surface area contributed by atoms with Gasteiger partial charge in [-0.15, -0.1) is 0 Å². The standard InChI is InChI=1S/C34H42N4O4/c1-9-17(4)32-21(8)26(15-28-23(11-3)20(7)34(42)38-28)36-30(32)16-29-24(12-13-31(39)40)18(5)25(35-29)14-27-22(10-2)19(6)33(41)37-27/h14-17,35-36H,9-13H2,1-8H3,(H,38,42)(H,39,40)/b25-14-,28-15-,29-16-/t17-/m0/s1. The van der Waals surface area contributed by atoms with E-state index in [1.165, 1.54) is 5.56 Å². The van der Waals surface area contributed by atoms with Gasteiger partial charge in [0.05, 0.1) is 5.71 Å². The number of carboxylic acids is 1. The highest BCUT2D eigenvalue weighted by molar-refractivity contribution is 6.30. The van der Waals surface area contributed by atoms with E-state index in [1.54, 1.807) is 6.92 Å². The molecule has 222 valence electrons. The predicted octanol–water partition coefficient (Wildman–Crippen LogP) is 5.00. The lowest BCUT2D eigenvalue weighted by molar-refractivity contribution is -0.137. The van der Waals surface area contributed by atoms with Crippen molar-refractivity contribution < 1.29 is 19.5 Å². The van der Waals surface area contributed by atoms with Gasteiger partial charge in [0.1, 0.15) is 0 Å². The molecule has 2 aromatic rings. The van der Waals surface area contributed by atoms with Crippen molar-refractivity contribution in [3.63, 3.8) is 0 Å². The van der Waals surface area contributed by atoms with E-state index < -0.39 is 5.97 Å². The van der Waals surface area contributed by atoms with Crippen LogP contribution in [0.4, 0.5) is 0 Å². The number of aliphatic imine (C=N–C) groups is 1. The zero-order valence-corrected chi connectivity index (χ0v) is 26.0. The van der Waals surface area contributed by atoms with E-state index in [2.05, 4.69) is 47.1 Å². The molecule has 8 heteroatoms. The van der Waals surface area contributed by atoms with Crippen molar-refractivity contribution in [3.8, 4) is 0 Å². The van der Waals surface area contributed by atoms with Crippen molar-refractivity contribution >= 4 is 41.7 Å². The van der Waals surface area contributed by atoms with Gasteiger partial charge in [-0.05, 0) is 111 Å². The fraction of sp³-hybridized carbons (Fsp3) is 0.412. The number of allylic oxidation sites excluding steroid dienone is 2. The number of H-pyrrole nitrogens is 2. The Balaban J connectivity index is 1.93. The molecule has 0 unspecified atom stereocenters. The first kappa shape index (κ1) is 30.8. The lowest BCUT2D eigenvalue weighted by atomic mass is 9.93. The lowest BCUT2D eigenvalue weighted by Gasteiger charge is -2.10. The van der Waals surface area contributed by atoms with Crippen molar-refractivity contribution in [1.82, 2.24) is 15.3 Å². The molecule has 0 spiro atoms. The molecule has 1 atom stereocenters. The van der Waals surface area contributed by atoms with Gasteiger partial charge in [0.15, 0.2) is 0 Å². The Hall–Kier alpha value is -4.20. The molecule has 8 nitrogen and oxygen atoms in total. The Morgan fingerprint density at radius 1 is 0.881 bits per heavy atom. The van der Waals surface area contributed by atoms with Crippen LogP contribution in [0.5, 0.6) is 0 Å². The normalized spacial score (nSPS) is 18.2. The molecule has 0 radical (unpaired) electrons. The Kier molecular flexibility index (Phi) is 9.04. The van der Waals surface area contributed by atoms with Crippen molar-refractivity contribution in [3.05, 3.63) is 72.3 Å². The van der Waals surface area contributed by atoms with Crippen molar-refractivity contribution in [2.75, 3.05) is 0 Å². The second kappa shape index (κ2) is 12.3. The number of rotatable bonds is 10. The third-order valence-electron chi connectivity index (χ3n) is 8.75. The first-order valence-electron chi connectivity index (χ1n) is 14.8. The molecule has 0 saturated heterocycles. The summed E-state index contributed by atoms with van der Waals surface area (Å²) in [6.07, 6.45) is 8.75. The molecule has 4 N–H and O–H groups in total. The van der Waals surface area contributed by atoms with Gasteiger partial charge in [-0.2, -0.15) is 0 Å². The largest absolute Gasteiger partial charge is 0.481 e. The highest BCUT2D eigenvalue weighted by Gasteiger charge is 2.24. The Bertz CT molecular complexity index is 1720. The SMILES string of the molecule is CCC1=C(C)C(=O)N=C1/C=c1\[nH]/c(=C\c2[nH]c(/C=C3\NC(=O)C(C)=C3CC)c(C)c2[C@@H](C)CC)c(CCC(=O)O)c1C. The van der Waals surface area contributed by atoms with Crippen LogP contribution in [0.15, 0.2) is 33.0 Å². The van der Waals surface area contributed by atoms with Crippen molar-refractivity contribution in [2.45, 2.75) is 93.4 Å². The number of nitrogens with zero attached hydrogens (tertiary/aromatic N) is 1. The lowest BCUT2D eigenvalue weighted by Crippen LogP contribution is -2.15. The minimum atomic E-state index is -0.858. The molecule has 0 bridgehead atoms. The van der Waals surface area contributed by atoms with E-state index in [0.717, 1.165) is 74.0 Å². The Labute approximate surface area is 247 Å². The van der Waals surface area contributed by atoms with Crippen LogP contribution < -0.4 is 16.0 Å². The number of hydrogen-bond acceptors (Lipinski definition) is 3. The van der Waals surface area contributed by atoms with Gasteiger partial charge < -0.3 is 20.4 Å². The number of aromatic amines is 2. The maximum atomic E-state index is 12.4. The van der Waals surface area contributed by atoms with E-state index in [0.29, 0.717) is 24.1 Å². The molecule has 2 aliphatic heterocycles. The van der Waals surface area contributed by atoms with E-state index in [1.807, 2.05) is 39.8 Å².